The second-order valence-electron chi connectivity index (χ2n) is 5.34. The summed E-state index contributed by atoms with van der Waals surface area (Å²) in [7, 11) is 1.17. The normalized spacial score (nSPS) is 11.4. The molecule has 0 unspecified atom stereocenters. The molecule has 0 saturated carbocycles. The van der Waals surface area contributed by atoms with Crippen molar-refractivity contribution < 1.29 is 24.4 Å². The minimum atomic E-state index is -1.16. The molecular formula is C17H16N2O6. The molecule has 8 nitrogen and oxygen atoms in total. The summed E-state index contributed by atoms with van der Waals surface area (Å²) >= 11 is 0. The topological polar surface area (TPSA) is 119 Å². The van der Waals surface area contributed by atoms with Gasteiger partial charge in [-0.25, -0.2) is 4.79 Å². The molecule has 25 heavy (non-hydrogen) atoms. The number of benzene rings is 2. The zero-order chi connectivity index (χ0) is 18.6. The monoisotopic (exact) mass is 344 g/mol. The molecule has 0 heterocycles. The van der Waals surface area contributed by atoms with Gasteiger partial charge in [-0.05, 0) is 36.2 Å². The molecule has 0 aliphatic carbocycles. The van der Waals surface area contributed by atoms with E-state index in [1.165, 1.54) is 37.4 Å². The van der Waals surface area contributed by atoms with E-state index in [2.05, 4.69) is 10.1 Å². The summed E-state index contributed by atoms with van der Waals surface area (Å²) in [5.41, 5.74) is 0.673. The molecule has 2 aromatic rings. The number of aryl methyl sites for hydroxylation is 1. The van der Waals surface area contributed by atoms with Crippen LogP contribution < -0.4 is 5.32 Å². The van der Waals surface area contributed by atoms with Crippen LogP contribution in [0.15, 0.2) is 42.5 Å². The van der Waals surface area contributed by atoms with Crippen LogP contribution in [0.25, 0.3) is 0 Å². The summed E-state index contributed by atoms with van der Waals surface area (Å²) in [6.45, 7) is 1.62. The fourth-order valence-corrected chi connectivity index (χ4v) is 2.31. The van der Waals surface area contributed by atoms with Crippen molar-refractivity contribution in [2.24, 2.45) is 0 Å². The number of methoxy groups -OCH3 is 1. The molecule has 0 spiro atoms. The third kappa shape index (κ3) is 4.31. The minimum absolute atomic E-state index is 0.0424. The van der Waals surface area contributed by atoms with Gasteiger partial charge in [-0.3, -0.25) is 14.9 Å². The summed E-state index contributed by atoms with van der Waals surface area (Å²) in [6.07, 6.45) is 0. The van der Waals surface area contributed by atoms with Gasteiger partial charge in [0.05, 0.1) is 12.0 Å². The average Bonchev–Trinajstić information content (AvgIpc) is 2.58. The number of carbonyl (C=O) groups is 2. The Bertz CT molecular complexity index is 834. The van der Waals surface area contributed by atoms with Gasteiger partial charge in [0.1, 0.15) is 5.75 Å². The van der Waals surface area contributed by atoms with Crippen LogP contribution in [0.5, 0.6) is 5.75 Å². The van der Waals surface area contributed by atoms with E-state index in [-0.39, 0.29) is 17.0 Å². The fourth-order valence-electron chi connectivity index (χ4n) is 2.31. The van der Waals surface area contributed by atoms with E-state index in [0.717, 1.165) is 6.07 Å². The van der Waals surface area contributed by atoms with Crippen molar-refractivity contribution in [2.75, 3.05) is 7.11 Å². The van der Waals surface area contributed by atoms with Crippen LogP contribution in [0.1, 0.15) is 27.5 Å². The molecular weight excluding hydrogens is 328 g/mol. The first-order valence-electron chi connectivity index (χ1n) is 7.25. The Hall–Kier alpha value is -3.42. The van der Waals surface area contributed by atoms with Crippen molar-refractivity contribution in [3.63, 3.8) is 0 Å². The number of phenolic OH excluding ortho intramolecular Hbond substituents is 1. The molecule has 0 aliphatic heterocycles. The lowest BCUT2D eigenvalue weighted by atomic mass is 10.0. The van der Waals surface area contributed by atoms with Gasteiger partial charge in [0.15, 0.2) is 6.04 Å². The van der Waals surface area contributed by atoms with Crippen LogP contribution >= 0.6 is 0 Å². The van der Waals surface area contributed by atoms with Crippen LogP contribution in [0.2, 0.25) is 0 Å². The van der Waals surface area contributed by atoms with E-state index in [1.54, 1.807) is 13.0 Å². The third-order valence-corrected chi connectivity index (χ3v) is 3.45. The van der Waals surface area contributed by atoms with Gasteiger partial charge >= 0.3 is 5.97 Å². The molecule has 0 fully saturated rings. The lowest BCUT2D eigenvalue weighted by Crippen LogP contribution is -2.34. The van der Waals surface area contributed by atoms with Crippen molar-refractivity contribution in [3.05, 3.63) is 69.3 Å². The molecule has 0 aliphatic rings. The molecule has 2 aromatic carbocycles. The predicted molar refractivity (Wildman–Crippen MR) is 88.2 cm³/mol. The van der Waals surface area contributed by atoms with Crippen LogP contribution in [-0.4, -0.2) is 29.0 Å². The molecule has 0 saturated heterocycles. The van der Waals surface area contributed by atoms with Gasteiger partial charge in [0.25, 0.3) is 11.6 Å². The van der Waals surface area contributed by atoms with E-state index in [9.17, 15) is 24.8 Å². The molecule has 0 bridgehead atoms. The summed E-state index contributed by atoms with van der Waals surface area (Å²) in [4.78, 5) is 34.8. The molecule has 130 valence electrons. The highest BCUT2D eigenvalue weighted by Gasteiger charge is 2.25. The van der Waals surface area contributed by atoms with Crippen molar-refractivity contribution in [1.82, 2.24) is 5.32 Å². The van der Waals surface area contributed by atoms with Crippen molar-refractivity contribution in [3.8, 4) is 5.75 Å². The largest absolute Gasteiger partial charge is 0.508 e. The second-order valence-corrected chi connectivity index (χ2v) is 5.34. The number of nitro groups is 1. The van der Waals surface area contributed by atoms with Gasteiger partial charge in [-0.1, -0.05) is 12.1 Å². The highest BCUT2D eigenvalue weighted by Crippen LogP contribution is 2.21. The van der Waals surface area contributed by atoms with E-state index in [4.69, 9.17) is 0 Å². The lowest BCUT2D eigenvalue weighted by molar-refractivity contribution is -0.384. The molecule has 1 amide bonds. The molecule has 0 radical (unpaired) electrons. The lowest BCUT2D eigenvalue weighted by Gasteiger charge is -2.17. The highest BCUT2D eigenvalue weighted by atomic mass is 16.6. The summed E-state index contributed by atoms with van der Waals surface area (Å²) in [6, 6.07) is 8.57. The van der Waals surface area contributed by atoms with E-state index < -0.39 is 22.8 Å². The Morgan fingerprint density at radius 2 is 1.96 bits per heavy atom. The van der Waals surface area contributed by atoms with E-state index in [0.29, 0.717) is 11.1 Å². The van der Waals surface area contributed by atoms with Gasteiger partial charge < -0.3 is 15.2 Å². The number of nitrogens with one attached hydrogen (secondary N) is 1. The Labute approximate surface area is 143 Å². The Morgan fingerprint density at radius 3 is 2.56 bits per heavy atom. The quantitative estimate of drug-likeness (QED) is 0.488. The van der Waals surface area contributed by atoms with Crippen LogP contribution in [0, 0.1) is 17.0 Å². The molecule has 8 heteroatoms. The zero-order valence-electron chi connectivity index (χ0n) is 13.6. The molecule has 2 rings (SSSR count). The van der Waals surface area contributed by atoms with Crippen LogP contribution in [0.3, 0.4) is 0 Å². The molecule has 2 N–H and O–H groups in total. The SMILES string of the molecule is COC(=O)[C@@H](NC(=O)c1cc(C)cc([N+](=O)[O-])c1)c1cccc(O)c1. The number of amides is 1. The number of hydrogen-bond donors (Lipinski definition) is 2. The van der Waals surface area contributed by atoms with E-state index >= 15 is 0 Å². The van der Waals surface area contributed by atoms with Crippen LogP contribution in [0.4, 0.5) is 5.69 Å². The smallest absolute Gasteiger partial charge is 0.333 e. The zero-order valence-corrected chi connectivity index (χ0v) is 13.6. The molecule has 0 aromatic heterocycles. The maximum Gasteiger partial charge on any atom is 0.333 e. The number of nitro benzene ring substituents is 1. The van der Waals surface area contributed by atoms with Crippen LogP contribution in [-0.2, 0) is 9.53 Å². The van der Waals surface area contributed by atoms with Crippen molar-refractivity contribution in [1.29, 1.82) is 0 Å². The van der Waals surface area contributed by atoms with Crippen molar-refractivity contribution >= 4 is 17.6 Å². The van der Waals surface area contributed by atoms with Gasteiger partial charge in [-0.15, -0.1) is 0 Å². The average molecular weight is 344 g/mol. The highest BCUT2D eigenvalue weighted by molar-refractivity contribution is 5.97. The standard InChI is InChI=1S/C17H16N2O6/c1-10-6-12(8-13(7-10)19(23)24)16(21)18-15(17(22)25-2)11-4-3-5-14(20)9-11/h3-9,15,20H,1-2H3,(H,18,21)/t15-/m0/s1. The first-order chi connectivity index (χ1) is 11.8. The number of rotatable bonds is 5. The summed E-state index contributed by atoms with van der Waals surface area (Å²) in [5, 5.41) is 23.0. The predicted octanol–water partition coefficient (Wildman–Crippen LogP) is 2.25. The Morgan fingerprint density at radius 1 is 1.24 bits per heavy atom. The minimum Gasteiger partial charge on any atom is -0.508 e. The summed E-state index contributed by atoms with van der Waals surface area (Å²) < 4.78 is 4.69. The number of hydrogen-bond acceptors (Lipinski definition) is 6. The first kappa shape index (κ1) is 17.9. The maximum absolute atomic E-state index is 12.5. The van der Waals surface area contributed by atoms with E-state index in [1.807, 2.05) is 0 Å². The Kier molecular flexibility index (Phi) is 5.33. The number of carbonyl (C=O) groups excluding carboxylic acids is 2. The number of phenols is 1. The number of non-ortho nitro benzene ring substituents is 1. The Balaban J connectivity index is 2.34. The number of esters is 1. The third-order valence-electron chi connectivity index (χ3n) is 3.45. The number of aromatic hydroxyl groups is 1. The first-order valence-corrected chi connectivity index (χ1v) is 7.25. The fraction of sp³-hybridized carbons (Fsp3) is 0.176. The van der Waals surface area contributed by atoms with Gasteiger partial charge in [-0.2, -0.15) is 0 Å². The van der Waals surface area contributed by atoms with Gasteiger partial charge in [0, 0.05) is 17.7 Å². The van der Waals surface area contributed by atoms with Crippen molar-refractivity contribution in [2.45, 2.75) is 13.0 Å². The number of nitrogens with zero attached hydrogens (tertiary/aromatic N) is 1. The summed E-state index contributed by atoms with van der Waals surface area (Å²) in [5.74, 6) is -1.49. The van der Waals surface area contributed by atoms with Gasteiger partial charge in [0.2, 0.25) is 0 Å². The maximum atomic E-state index is 12.5. The second kappa shape index (κ2) is 7.43. The number of ether oxygens (including phenoxy) is 1. The molecule has 1 atom stereocenters.